The maximum absolute atomic E-state index is 13.7. The second-order valence-corrected chi connectivity index (χ2v) is 9.01. The second kappa shape index (κ2) is 8.60. The molecule has 2 heterocycles. The van der Waals surface area contributed by atoms with E-state index in [1.54, 1.807) is 36.0 Å². The Kier molecular flexibility index (Phi) is 5.71. The number of benzene rings is 2. The molecule has 1 saturated carbocycles. The number of aromatic nitrogens is 2. The standard InChI is InChI=1S/C24H20ClF3N4O3/c1-31-22-16-9-14(25)5-6-18(16)35-12-17(22)23(30-31)32(11-20(33)29-19-10-24(19,27)28)21(34)8-13-3-2-4-15(26)7-13/h2-7,9,19H,8,10-12H2,1H3,(H,29,33). The molecule has 0 saturated heterocycles. The van der Waals surface area contributed by atoms with Crippen molar-refractivity contribution in [3.8, 4) is 17.0 Å². The molecule has 1 N–H and O–H groups in total. The van der Waals surface area contributed by atoms with Crippen LogP contribution in [0.1, 0.15) is 17.5 Å². The number of fused-ring (bicyclic) bond motifs is 3. The molecule has 1 atom stereocenters. The number of hydrogen-bond acceptors (Lipinski definition) is 4. The van der Waals surface area contributed by atoms with Gasteiger partial charge in [0, 0.05) is 24.1 Å². The Balaban J connectivity index is 1.50. The largest absolute Gasteiger partial charge is 0.488 e. The number of amides is 2. The summed E-state index contributed by atoms with van der Waals surface area (Å²) >= 11 is 6.17. The fourth-order valence-electron chi connectivity index (χ4n) is 4.15. The van der Waals surface area contributed by atoms with E-state index < -0.39 is 42.6 Å². The molecule has 5 rings (SSSR count). The smallest absolute Gasteiger partial charge is 0.270 e. The van der Waals surface area contributed by atoms with E-state index in [1.807, 2.05) is 0 Å². The van der Waals surface area contributed by atoms with Crippen LogP contribution in [0.5, 0.6) is 5.75 Å². The Hall–Kier alpha value is -3.53. The van der Waals surface area contributed by atoms with E-state index in [1.165, 1.54) is 18.2 Å². The zero-order valence-corrected chi connectivity index (χ0v) is 19.3. The van der Waals surface area contributed by atoms with E-state index in [4.69, 9.17) is 16.3 Å². The molecule has 11 heteroatoms. The van der Waals surface area contributed by atoms with Crippen molar-refractivity contribution in [2.45, 2.75) is 31.4 Å². The van der Waals surface area contributed by atoms with Crippen molar-refractivity contribution in [3.05, 3.63) is 64.4 Å². The fourth-order valence-corrected chi connectivity index (χ4v) is 4.33. The molecule has 0 radical (unpaired) electrons. The van der Waals surface area contributed by atoms with Gasteiger partial charge in [0.15, 0.2) is 5.82 Å². The summed E-state index contributed by atoms with van der Waals surface area (Å²) in [5.41, 5.74) is 2.26. The molecule has 0 spiro atoms. The van der Waals surface area contributed by atoms with E-state index in [0.717, 1.165) is 4.90 Å². The molecule has 2 aromatic carbocycles. The summed E-state index contributed by atoms with van der Waals surface area (Å²) in [5.74, 6) is -4.01. The summed E-state index contributed by atoms with van der Waals surface area (Å²) in [6.45, 7) is -0.466. The molecular formula is C24H20ClF3N4O3. The molecule has 182 valence electrons. The van der Waals surface area contributed by atoms with Gasteiger partial charge in [-0.3, -0.25) is 19.2 Å². The number of ether oxygens (including phenoxy) is 1. The molecule has 1 aromatic heterocycles. The average molecular weight is 505 g/mol. The van der Waals surface area contributed by atoms with E-state index in [-0.39, 0.29) is 18.8 Å². The first-order chi connectivity index (χ1) is 16.6. The second-order valence-electron chi connectivity index (χ2n) is 8.58. The van der Waals surface area contributed by atoms with Crippen LogP contribution in [-0.2, 0) is 29.7 Å². The highest BCUT2D eigenvalue weighted by atomic mass is 35.5. The normalized spacial score (nSPS) is 17.1. The number of alkyl halides is 2. The summed E-state index contributed by atoms with van der Waals surface area (Å²) in [6, 6.07) is 9.39. The van der Waals surface area contributed by atoms with Crippen molar-refractivity contribution in [2.75, 3.05) is 11.4 Å². The van der Waals surface area contributed by atoms with Gasteiger partial charge in [-0.2, -0.15) is 5.10 Å². The van der Waals surface area contributed by atoms with Crippen LogP contribution in [0.15, 0.2) is 42.5 Å². The number of carbonyl (C=O) groups excluding carboxylic acids is 2. The minimum atomic E-state index is -2.95. The van der Waals surface area contributed by atoms with E-state index in [0.29, 0.717) is 33.2 Å². The van der Waals surface area contributed by atoms with E-state index in [2.05, 4.69) is 10.4 Å². The van der Waals surface area contributed by atoms with Gasteiger partial charge >= 0.3 is 0 Å². The quantitative estimate of drug-likeness (QED) is 0.553. The topological polar surface area (TPSA) is 76.5 Å². The minimum Gasteiger partial charge on any atom is -0.488 e. The molecule has 0 bridgehead atoms. The summed E-state index contributed by atoms with van der Waals surface area (Å²) in [6.07, 6.45) is -0.667. The number of halogens is 4. The molecule has 3 aromatic rings. The molecule has 1 aliphatic carbocycles. The fraction of sp³-hybridized carbons (Fsp3) is 0.292. The molecule has 2 amide bonds. The van der Waals surface area contributed by atoms with Gasteiger partial charge in [0.2, 0.25) is 11.8 Å². The predicted octanol–water partition coefficient (Wildman–Crippen LogP) is 3.87. The monoisotopic (exact) mass is 504 g/mol. The van der Waals surface area contributed by atoms with Crippen LogP contribution in [0.3, 0.4) is 0 Å². The lowest BCUT2D eigenvalue weighted by molar-refractivity contribution is -0.124. The van der Waals surface area contributed by atoms with Gasteiger partial charge in [0.05, 0.1) is 23.7 Å². The molecule has 1 aliphatic heterocycles. The highest BCUT2D eigenvalue weighted by molar-refractivity contribution is 6.31. The lowest BCUT2D eigenvalue weighted by Gasteiger charge is -2.24. The van der Waals surface area contributed by atoms with Crippen molar-refractivity contribution in [1.29, 1.82) is 0 Å². The van der Waals surface area contributed by atoms with Crippen molar-refractivity contribution in [2.24, 2.45) is 7.05 Å². The van der Waals surface area contributed by atoms with Gasteiger partial charge in [-0.05, 0) is 35.9 Å². The van der Waals surface area contributed by atoms with Gasteiger partial charge in [0.1, 0.15) is 24.7 Å². The Bertz CT molecular complexity index is 1340. The third-order valence-electron chi connectivity index (χ3n) is 5.96. The van der Waals surface area contributed by atoms with Crippen LogP contribution in [-0.4, -0.2) is 40.1 Å². The van der Waals surface area contributed by atoms with Crippen molar-refractivity contribution in [1.82, 2.24) is 15.1 Å². The first-order valence-corrected chi connectivity index (χ1v) is 11.2. The molecular weight excluding hydrogens is 485 g/mol. The predicted molar refractivity (Wildman–Crippen MR) is 122 cm³/mol. The third kappa shape index (κ3) is 4.58. The SMILES string of the molecule is Cn1nc(N(CC(=O)NC2CC2(F)F)C(=O)Cc2cccc(F)c2)c2c1-c1cc(Cl)ccc1OC2. The summed E-state index contributed by atoms with van der Waals surface area (Å²) in [5, 5.41) is 7.21. The molecule has 1 unspecified atom stereocenters. The van der Waals surface area contributed by atoms with Crippen LogP contribution >= 0.6 is 11.6 Å². The highest BCUT2D eigenvalue weighted by Crippen LogP contribution is 2.43. The Labute approximate surface area is 203 Å². The van der Waals surface area contributed by atoms with Crippen LogP contribution in [0.25, 0.3) is 11.3 Å². The lowest BCUT2D eigenvalue weighted by Crippen LogP contribution is -2.43. The minimum absolute atomic E-state index is 0.0687. The number of aryl methyl sites for hydroxylation is 1. The maximum Gasteiger partial charge on any atom is 0.270 e. The van der Waals surface area contributed by atoms with Gasteiger partial charge in [-0.1, -0.05) is 23.7 Å². The Morgan fingerprint density at radius 1 is 1.29 bits per heavy atom. The molecule has 1 fully saturated rings. The number of rotatable bonds is 6. The third-order valence-corrected chi connectivity index (χ3v) is 6.19. The maximum atomic E-state index is 13.7. The summed E-state index contributed by atoms with van der Waals surface area (Å²) in [4.78, 5) is 27.1. The van der Waals surface area contributed by atoms with Gasteiger partial charge in [0.25, 0.3) is 5.92 Å². The molecule has 2 aliphatic rings. The van der Waals surface area contributed by atoms with Crippen LogP contribution in [0.2, 0.25) is 5.02 Å². The first-order valence-electron chi connectivity index (χ1n) is 10.8. The number of carbonyl (C=O) groups is 2. The van der Waals surface area contributed by atoms with Crippen LogP contribution in [0, 0.1) is 5.82 Å². The van der Waals surface area contributed by atoms with Crippen LogP contribution < -0.4 is 15.0 Å². The Morgan fingerprint density at radius 2 is 2.06 bits per heavy atom. The lowest BCUT2D eigenvalue weighted by atomic mass is 10.0. The number of nitrogens with one attached hydrogen (secondary N) is 1. The zero-order valence-electron chi connectivity index (χ0n) is 18.5. The molecule has 7 nitrogen and oxygen atoms in total. The average Bonchev–Trinajstić information content (AvgIpc) is 3.24. The number of hydrogen-bond donors (Lipinski definition) is 1. The van der Waals surface area contributed by atoms with Crippen LogP contribution in [0.4, 0.5) is 19.0 Å². The zero-order chi connectivity index (χ0) is 24.9. The van der Waals surface area contributed by atoms with Crippen molar-refractivity contribution < 1.29 is 27.5 Å². The van der Waals surface area contributed by atoms with Crippen molar-refractivity contribution in [3.63, 3.8) is 0 Å². The van der Waals surface area contributed by atoms with Gasteiger partial charge in [-0.25, -0.2) is 13.2 Å². The summed E-state index contributed by atoms with van der Waals surface area (Å²) in [7, 11) is 1.68. The first kappa shape index (κ1) is 23.2. The Morgan fingerprint density at radius 3 is 2.77 bits per heavy atom. The summed E-state index contributed by atoms with van der Waals surface area (Å²) < 4.78 is 47.7. The number of anilines is 1. The molecule has 35 heavy (non-hydrogen) atoms. The number of nitrogens with zero attached hydrogens (tertiary/aromatic N) is 3. The van der Waals surface area contributed by atoms with Gasteiger partial charge < -0.3 is 10.1 Å². The highest BCUT2D eigenvalue weighted by Gasteiger charge is 2.57. The van der Waals surface area contributed by atoms with E-state index >= 15 is 0 Å². The van der Waals surface area contributed by atoms with Crippen molar-refractivity contribution >= 4 is 29.2 Å². The van der Waals surface area contributed by atoms with Gasteiger partial charge in [-0.15, -0.1) is 0 Å². The van der Waals surface area contributed by atoms with E-state index in [9.17, 15) is 22.8 Å².